The second-order valence-corrected chi connectivity index (χ2v) is 2.98. The van der Waals surface area contributed by atoms with Gasteiger partial charge in [0.2, 0.25) is 0 Å². The molecule has 2 rings (SSSR count). The normalized spacial score (nSPS) is 15.7. The van der Waals surface area contributed by atoms with Crippen molar-refractivity contribution in [2.45, 2.75) is 0 Å². The fraction of sp³-hybridized carbons (Fsp3) is 0.111. The van der Waals surface area contributed by atoms with E-state index in [9.17, 15) is 18.4 Å². The van der Waals surface area contributed by atoms with Crippen LogP contribution in [0.2, 0.25) is 0 Å². The highest BCUT2D eigenvalue weighted by molar-refractivity contribution is 6.19. The third-order valence-corrected chi connectivity index (χ3v) is 1.99. The molecule has 6 heteroatoms. The maximum atomic E-state index is 13.2. The molecule has 1 aliphatic rings. The molecule has 1 aromatic rings. The molecule has 0 radical (unpaired) electrons. The van der Waals surface area contributed by atoms with Crippen molar-refractivity contribution in [3.05, 3.63) is 29.8 Å². The Morgan fingerprint density at radius 1 is 1.27 bits per heavy atom. The fourth-order valence-electron chi connectivity index (χ4n) is 1.33. The van der Waals surface area contributed by atoms with Crippen LogP contribution in [0.3, 0.4) is 0 Å². The van der Waals surface area contributed by atoms with Crippen LogP contribution < -0.4 is 10.2 Å². The van der Waals surface area contributed by atoms with Gasteiger partial charge in [0.25, 0.3) is 5.91 Å². The molecule has 1 fully saturated rings. The molecule has 78 valence electrons. The molecule has 0 bridgehead atoms. The second-order valence-electron chi connectivity index (χ2n) is 2.98. The van der Waals surface area contributed by atoms with Crippen molar-refractivity contribution in [3.63, 3.8) is 0 Å². The Morgan fingerprint density at radius 3 is 2.53 bits per heavy atom. The monoisotopic (exact) mass is 212 g/mol. The first-order chi connectivity index (χ1) is 7.09. The predicted molar refractivity (Wildman–Crippen MR) is 47.2 cm³/mol. The van der Waals surface area contributed by atoms with Gasteiger partial charge in [0.05, 0.1) is 12.2 Å². The summed E-state index contributed by atoms with van der Waals surface area (Å²) in [5.74, 6) is -2.27. The molecule has 0 aromatic heterocycles. The molecule has 0 spiro atoms. The number of anilines is 1. The van der Waals surface area contributed by atoms with Gasteiger partial charge in [0.1, 0.15) is 11.6 Å². The van der Waals surface area contributed by atoms with Crippen LogP contribution in [0.1, 0.15) is 0 Å². The van der Waals surface area contributed by atoms with E-state index in [0.29, 0.717) is 11.0 Å². The molecular weight excluding hydrogens is 206 g/mol. The van der Waals surface area contributed by atoms with Crippen LogP contribution >= 0.6 is 0 Å². The minimum absolute atomic E-state index is 0.171. The molecular formula is C9H6F2N2O2. The molecule has 3 amide bonds. The minimum Gasteiger partial charge on any atom is -0.328 e. The van der Waals surface area contributed by atoms with Gasteiger partial charge in [0.15, 0.2) is 0 Å². The Bertz CT molecular complexity index is 432. The first kappa shape index (κ1) is 9.57. The molecule has 4 nitrogen and oxygen atoms in total. The molecule has 1 aromatic carbocycles. The van der Waals surface area contributed by atoms with E-state index in [1.165, 1.54) is 0 Å². The number of nitrogens with zero attached hydrogens (tertiary/aromatic N) is 1. The van der Waals surface area contributed by atoms with Gasteiger partial charge in [-0.3, -0.25) is 4.79 Å². The Kier molecular flexibility index (Phi) is 2.11. The third kappa shape index (κ3) is 1.54. The van der Waals surface area contributed by atoms with Crippen LogP contribution in [0.5, 0.6) is 0 Å². The van der Waals surface area contributed by atoms with E-state index < -0.39 is 23.6 Å². The van der Waals surface area contributed by atoms with Gasteiger partial charge < -0.3 is 5.32 Å². The van der Waals surface area contributed by atoms with Crippen molar-refractivity contribution < 1.29 is 18.4 Å². The van der Waals surface area contributed by atoms with Crippen LogP contribution in [0.4, 0.5) is 19.3 Å². The van der Waals surface area contributed by atoms with Crippen molar-refractivity contribution in [1.29, 1.82) is 0 Å². The van der Waals surface area contributed by atoms with Gasteiger partial charge in [-0.05, 0) is 12.1 Å². The number of carbonyl (C=O) groups is 2. The Balaban J connectivity index is 2.45. The highest BCUT2D eigenvalue weighted by atomic mass is 19.1. The summed E-state index contributed by atoms with van der Waals surface area (Å²) in [6.07, 6.45) is 0. The predicted octanol–water partition coefficient (Wildman–Crippen LogP) is 1.02. The van der Waals surface area contributed by atoms with Crippen molar-refractivity contribution in [1.82, 2.24) is 5.32 Å². The summed E-state index contributed by atoms with van der Waals surface area (Å²) in [7, 11) is 0. The molecule has 1 N–H and O–H groups in total. The summed E-state index contributed by atoms with van der Waals surface area (Å²) < 4.78 is 25.8. The number of hydrogen-bond donors (Lipinski definition) is 1. The first-order valence-electron chi connectivity index (χ1n) is 4.15. The molecule has 0 aliphatic carbocycles. The standard InChI is InChI=1S/C9H6F2N2O2/c10-5-1-2-7(6(11)3-5)13-8(14)4-12-9(13)15/h1-3H,4H2,(H,12,15). The van der Waals surface area contributed by atoms with E-state index in [-0.39, 0.29) is 12.2 Å². The maximum Gasteiger partial charge on any atom is 0.329 e. The minimum atomic E-state index is -0.944. The van der Waals surface area contributed by atoms with Gasteiger partial charge in [-0.1, -0.05) is 0 Å². The number of imide groups is 1. The number of carbonyl (C=O) groups excluding carboxylic acids is 2. The van der Waals surface area contributed by atoms with Crippen LogP contribution in [0.15, 0.2) is 18.2 Å². The average Bonchev–Trinajstić information content (AvgIpc) is 2.48. The Hall–Kier alpha value is -1.98. The van der Waals surface area contributed by atoms with Crippen molar-refractivity contribution in [2.24, 2.45) is 0 Å². The van der Waals surface area contributed by atoms with E-state index in [1.54, 1.807) is 0 Å². The Labute approximate surface area is 83.5 Å². The number of benzene rings is 1. The van der Waals surface area contributed by atoms with Crippen molar-refractivity contribution in [3.8, 4) is 0 Å². The van der Waals surface area contributed by atoms with E-state index in [2.05, 4.69) is 5.32 Å². The zero-order valence-electron chi connectivity index (χ0n) is 7.46. The van der Waals surface area contributed by atoms with E-state index in [1.807, 2.05) is 0 Å². The zero-order valence-corrected chi connectivity index (χ0v) is 7.46. The quantitative estimate of drug-likeness (QED) is 0.706. The van der Waals surface area contributed by atoms with Gasteiger partial charge in [-0.25, -0.2) is 18.5 Å². The highest BCUT2D eigenvalue weighted by Crippen LogP contribution is 2.21. The highest BCUT2D eigenvalue weighted by Gasteiger charge is 2.31. The van der Waals surface area contributed by atoms with Crippen LogP contribution in [-0.2, 0) is 4.79 Å². The average molecular weight is 212 g/mol. The van der Waals surface area contributed by atoms with Crippen molar-refractivity contribution in [2.75, 3.05) is 11.4 Å². The van der Waals surface area contributed by atoms with Crippen LogP contribution in [0, 0.1) is 11.6 Å². The number of halogens is 2. The SMILES string of the molecule is O=C1CNC(=O)N1c1ccc(F)cc1F. The van der Waals surface area contributed by atoms with Crippen LogP contribution in [0.25, 0.3) is 0 Å². The topological polar surface area (TPSA) is 49.4 Å². The summed E-state index contributed by atoms with van der Waals surface area (Å²) >= 11 is 0. The van der Waals surface area contributed by atoms with Gasteiger partial charge >= 0.3 is 6.03 Å². The second kappa shape index (κ2) is 3.30. The largest absolute Gasteiger partial charge is 0.329 e. The number of amides is 3. The summed E-state index contributed by atoms with van der Waals surface area (Å²) in [5, 5.41) is 2.24. The summed E-state index contributed by atoms with van der Waals surface area (Å²) in [5.41, 5.74) is -0.239. The van der Waals surface area contributed by atoms with Gasteiger partial charge in [-0.2, -0.15) is 0 Å². The number of hydrogen-bond acceptors (Lipinski definition) is 2. The number of urea groups is 1. The molecule has 0 atom stereocenters. The molecule has 1 heterocycles. The molecule has 0 unspecified atom stereocenters. The lowest BCUT2D eigenvalue weighted by molar-refractivity contribution is -0.115. The smallest absolute Gasteiger partial charge is 0.328 e. The molecule has 1 saturated heterocycles. The summed E-state index contributed by atoms with van der Waals surface area (Å²) in [4.78, 5) is 23.0. The fourth-order valence-corrected chi connectivity index (χ4v) is 1.33. The Morgan fingerprint density at radius 2 is 2.00 bits per heavy atom. The third-order valence-electron chi connectivity index (χ3n) is 1.99. The van der Waals surface area contributed by atoms with Gasteiger partial charge in [0, 0.05) is 6.07 Å². The first-order valence-corrected chi connectivity index (χ1v) is 4.15. The number of rotatable bonds is 1. The lowest BCUT2D eigenvalue weighted by Gasteiger charge is -2.12. The van der Waals surface area contributed by atoms with Crippen molar-refractivity contribution >= 4 is 17.6 Å². The van der Waals surface area contributed by atoms with E-state index >= 15 is 0 Å². The lowest BCUT2D eigenvalue weighted by atomic mass is 10.2. The molecule has 1 aliphatic heterocycles. The summed E-state index contributed by atoms with van der Waals surface area (Å²) in [6, 6.07) is 1.95. The van der Waals surface area contributed by atoms with Crippen LogP contribution in [-0.4, -0.2) is 18.5 Å². The van der Waals surface area contributed by atoms with E-state index in [4.69, 9.17) is 0 Å². The molecule has 15 heavy (non-hydrogen) atoms. The van der Waals surface area contributed by atoms with Gasteiger partial charge in [-0.15, -0.1) is 0 Å². The lowest BCUT2D eigenvalue weighted by Crippen LogP contribution is -2.31. The molecule has 0 saturated carbocycles. The zero-order chi connectivity index (χ0) is 11.0. The van der Waals surface area contributed by atoms with E-state index in [0.717, 1.165) is 12.1 Å². The number of nitrogens with one attached hydrogen (secondary N) is 1. The summed E-state index contributed by atoms with van der Waals surface area (Å²) in [6.45, 7) is -0.171. The maximum absolute atomic E-state index is 13.2.